The van der Waals surface area contributed by atoms with E-state index >= 15 is 0 Å². The van der Waals surface area contributed by atoms with Gasteiger partial charge in [0.15, 0.2) is 0 Å². The molecule has 2 fully saturated rings. The molecule has 0 radical (unpaired) electrons. The van der Waals surface area contributed by atoms with Crippen molar-refractivity contribution in [3.8, 4) is 17.1 Å². The topological polar surface area (TPSA) is 72.1 Å². The van der Waals surface area contributed by atoms with Crippen LogP contribution in [0.2, 0.25) is 0 Å². The second-order valence-corrected chi connectivity index (χ2v) is 10.6. The van der Waals surface area contributed by atoms with E-state index in [0.717, 1.165) is 25.0 Å². The fraction of sp³-hybridized carbons (Fsp3) is 0.577. The average Bonchev–Trinajstić information content (AvgIpc) is 3.32. The number of aliphatic hydroxyl groups is 1. The lowest BCUT2D eigenvalue weighted by Crippen LogP contribution is -2.49. The van der Waals surface area contributed by atoms with E-state index in [1.54, 1.807) is 17.9 Å². The molecule has 1 aliphatic carbocycles. The monoisotopic (exact) mass is 495 g/mol. The number of amides is 1. The number of furan rings is 1. The van der Waals surface area contributed by atoms with Gasteiger partial charge in [0.05, 0.1) is 18.2 Å². The van der Waals surface area contributed by atoms with Crippen molar-refractivity contribution in [1.82, 2.24) is 4.90 Å². The van der Waals surface area contributed by atoms with Crippen LogP contribution in [-0.2, 0) is 16.5 Å². The van der Waals surface area contributed by atoms with Gasteiger partial charge in [-0.05, 0) is 82.7 Å². The summed E-state index contributed by atoms with van der Waals surface area (Å²) in [5, 5.41) is 11.8. The van der Waals surface area contributed by atoms with Crippen molar-refractivity contribution in [1.29, 1.82) is 0 Å². The zero-order valence-corrected chi connectivity index (χ0v) is 20.7. The highest BCUT2D eigenvalue weighted by Crippen LogP contribution is 2.52. The van der Waals surface area contributed by atoms with E-state index in [-0.39, 0.29) is 17.6 Å². The third-order valence-corrected chi connectivity index (χ3v) is 7.04. The second-order valence-electron chi connectivity index (χ2n) is 10.6. The molecule has 4 rings (SSSR count). The first kappa shape index (κ1) is 25.4. The zero-order valence-electron chi connectivity index (χ0n) is 20.7. The Morgan fingerprint density at radius 3 is 2.54 bits per heavy atom. The summed E-state index contributed by atoms with van der Waals surface area (Å²) in [6.07, 6.45) is -2.88. The molecule has 9 heteroatoms. The van der Waals surface area contributed by atoms with E-state index < -0.39 is 29.0 Å². The molecule has 1 saturated heterocycles. The zero-order chi connectivity index (χ0) is 25.8. The van der Waals surface area contributed by atoms with Crippen molar-refractivity contribution in [2.45, 2.75) is 64.3 Å². The standard InChI is InChI=1S/C26H32F3NO5/c1-15-12-21(34-22(15)18-7-6-17(26(27,28)29)13-20(18)33-5)25(32)10-8-16-9-11-30(14-19(16)25)23(31)35-24(2,3)4/h6-7,12-13,16,19,32H,8-11,14H2,1-5H3. The summed E-state index contributed by atoms with van der Waals surface area (Å²) in [7, 11) is 1.31. The van der Waals surface area contributed by atoms with Crippen LogP contribution in [0.25, 0.3) is 11.3 Å². The number of hydrogen-bond acceptors (Lipinski definition) is 5. The summed E-state index contributed by atoms with van der Waals surface area (Å²) >= 11 is 0. The van der Waals surface area contributed by atoms with Crippen molar-refractivity contribution in [2.24, 2.45) is 11.8 Å². The Bertz CT molecular complexity index is 1100. The van der Waals surface area contributed by atoms with Crippen LogP contribution >= 0.6 is 0 Å². The molecule has 3 unspecified atom stereocenters. The largest absolute Gasteiger partial charge is 0.496 e. The van der Waals surface area contributed by atoms with E-state index in [1.165, 1.54) is 13.2 Å². The molecule has 1 aromatic heterocycles. The highest BCUT2D eigenvalue weighted by Gasteiger charge is 2.53. The maximum atomic E-state index is 13.2. The SMILES string of the molecule is COc1cc(C(F)(F)F)ccc1-c1oc(C2(O)CCC3CCN(C(=O)OC(C)(C)C)CC32)cc1C. The molecule has 3 atom stereocenters. The smallest absolute Gasteiger partial charge is 0.416 e. The second kappa shape index (κ2) is 8.76. The van der Waals surface area contributed by atoms with Crippen molar-refractivity contribution in [3.05, 3.63) is 41.2 Å². The molecule has 1 saturated carbocycles. The van der Waals surface area contributed by atoms with Gasteiger partial charge in [-0.2, -0.15) is 13.2 Å². The van der Waals surface area contributed by atoms with Gasteiger partial charge in [-0.1, -0.05) is 0 Å². The van der Waals surface area contributed by atoms with Gasteiger partial charge < -0.3 is 23.9 Å². The molecule has 0 bridgehead atoms. The van der Waals surface area contributed by atoms with Crippen LogP contribution in [0, 0.1) is 18.8 Å². The highest BCUT2D eigenvalue weighted by atomic mass is 19.4. The molecule has 192 valence electrons. The summed E-state index contributed by atoms with van der Waals surface area (Å²) in [5.41, 5.74) is -1.68. The van der Waals surface area contributed by atoms with Gasteiger partial charge in [-0.25, -0.2) is 4.79 Å². The van der Waals surface area contributed by atoms with Gasteiger partial charge in [0.2, 0.25) is 0 Å². The van der Waals surface area contributed by atoms with Gasteiger partial charge >= 0.3 is 12.3 Å². The first-order valence-corrected chi connectivity index (χ1v) is 11.8. The first-order valence-electron chi connectivity index (χ1n) is 11.8. The predicted molar refractivity (Wildman–Crippen MR) is 123 cm³/mol. The Kier molecular flexibility index (Phi) is 6.36. The van der Waals surface area contributed by atoms with Crippen LogP contribution in [0.4, 0.5) is 18.0 Å². The van der Waals surface area contributed by atoms with E-state index in [4.69, 9.17) is 13.9 Å². The van der Waals surface area contributed by atoms with Crippen LogP contribution in [-0.4, -0.2) is 41.9 Å². The lowest BCUT2D eigenvalue weighted by molar-refractivity contribution is -0.137. The highest BCUT2D eigenvalue weighted by molar-refractivity contribution is 5.70. The fourth-order valence-corrected chi connectivity index (χ4v) is 5.29. The maximum Gasteiger partial charge on any atom is 0.416 e. The van der Waals surface area contributed by atoms with Crippen LogP contribution in [0.15, 0.2) is 28.7 Å². The molecular weight excluding hydrogens is 463 g/mol. The summed E-state index contributed by atoms with van der Waals surface area (Å²) in [6.45, 7) is 8.12. The van der Waals surface area contributed by atoms with Gasteiger partial charge in [-0.15, -0.1) is 0 Å². The van der Waals surface area contributed by atoms with Crippen molar-refractivity contribution >= 4 is 6.09 Å². The van der Waals surface area contributed by atoms with Gasteiger partial charge in [0.1, 0.15) is 28.5 Å². The number of carbonyl (C=O) groups excluding carboxylic acids is 1. The molecule has 0 spiro atoms. The Morgan fingerprint density at radius 1 is 1.20 bits per heavy atom. The van der Waals surface area contributed by atoms with Crippen molar-refractivity contribution in [3.63, 3.8) is 0 Å². The number of hydrogen-bond donors (Lipinski definition) is 1. The lowest BCUT2D eigenvalue weighted by Gasteiger charge is -2.40. The number of fused-ring (bicyclic) bond motifs is 1. The van der Waals surface area contributed by atoms with E-state index in [2.05, 4.69) is 0 Å². The minimum Gasteiger partial charge on any atom is -0.496 e. The van der Waals surface area contributed by atoms with Crippen molar-refractivity contribution < 1.29 is 37.0 Å². The summed E-state index contributed by atoms with van der Waals surface area (Å²) in [6, 6.07) is 4.99. The summed E-state index contributed by atoms with van der Waals surface area (Å²) < 4.78 is 56.4. The van der Waals surface area contributed by atoms with Crippen LogP contribution in [0.5, 0.6) is 5.75 Å². The predicted octanol–water partition coefficient (Wildman–Crippen LogP) is 6.14. The normalized spacial score (nSPS) is 24.9. The van der Waals surface area contributed by atoms with Crippen LogP contribution < -0.4 is 4.74 Å². The summed E-state index contributed by atoms with van der Waals surface area (Å²) in [5.74, 6) is 0.728. The lowest BCUT2D eigenvalue weighted by atomic mass is 9.80. The molecule has 1 aromatic carbocycles. The molecule has 2 aromatic rings. The molecule has 35 heavy (non-hydrogen) atoms. The Balaban J connectivity index is 1.64. The third kappa shape index (κ3) is 4.87. The third-order valence-electron chi connectivity index (χ3n) is 7.04. The number of benzene rings is 1. The molecule has 2 heterocycles. The minimum absolute atomic E-state index is 0.0360. The Morgan fingerprint density at radius 2 is 1.91 bits per heavy atom. The van der Waals surface area contributed by atoms with Gasteiger partial charge in [0.25, 0.3) is 0 Å². The number of carbonyl (C=O) groups is 1. The average molecular weight is 496 g/mol. The van der Waals surface area contributed by atoms with Gasteiger partial charge in [-0.3, -0.25) is 0 Å². The molecule has 1 amide bonds. The number of ether oxygens (including phenoxy) is 2. The molecule has 2 aliphatic rings. The Hall–Kier alpha value is -2.68. The molecular formula is C26H32F3NO5. The maximum absolute atomic E-state index is 13.2. The molecule has 1 aliphatic heterocycles. The number of aryl methyl sites for hydroxylation is 1. The van der Waals surface area contributed by atoms with Crippen LogP contribution in [0.1, 0.15) is 56.9 Å². The van der Waals surface area contributed by atoms with E-state index in [9.17, 15) is 23.1 Å². The number of rotatable bonds is 3. The van der Waals surface area contributed by atoms with E-state index in [1.807, 2.05) is 20.8 Å². The first-order chi connectivity index (χ1) is 16.2. The molecule has 1 N–H and O–H groups in total. The Labute approximate surface area is 203 Å². The van der Waals surface area contributed by atoms with Gasteiger partial charge in [0, 0.05) is 19.0 Å². The fourth-order valence-electron chi connectivity index (χ4n) is 5.29. The molecule has 6 nitrogen and oxygen atoms in total. The number of piperidine rings is 1. The number of alkyl halides is 3. The number of halogens is 3. The number of likely N-dealkylation sites (tertiary alicyclic amines) is 1. The minimum atomic E-state index is -4.50. The van der Waals surface area contributed by atoms with Crippen molar-refractivity contribution in [2.75, 3.05) is 20.2 Å². The number of methoxy groups -OCH3 is 1. The summed E-state index contributed by atoms with van der Waals surface area (Å²) in [4.78, 5) is 14.3. The van der Waals surface area contributed by atoms with E-state index in [0.29, 0.717) is 42.2 Å². The van der Waals surface area contributed by atoms with Crippen LogP contribution in [0.3, 0.4) is 0 Å². The quantitative estimate of drug-likeness (QED) is 0.554. The number of nitrogens with zero attached hydrogens (tertiary/aromatic N) is 1.